The number of benzene rings is 2. The molecule has 0 unspecified atom stereocenters. The van der Waals surface area contributed by atoms with Gasteiger partial charge in [0.15, 0.2) is 35.4 Å². The molecule has 2 aliphatic heterocycles. The lowest BCUT2D eigenvalue weighted by Crippen LogP contribution is -2.60. The van der Waals surface area contributed by atoms with Crippen LogP contribution in [0.3, 0.4) is 0 Å². The first-order chi connectivity index (χ1) is 21.6. The summed E-state index contributed by atoms with van der Waals surface area (Å²) in [5.74, 6) is -1.25. The summed E-state index contributed by atoms with van der Waals surface area (Å²) in [6, 6.07) is 18.9. The van der Waals surface area contributed by atoms with E-state index in [4.69, 9.17) is 30.5 Å². The summed E-state index contributed by atoms with van der Waals surface area (Å²) in [5.41, 5.74) is 4.07. The monoisotopic (exact) mass is 633 g/mol. The Morgan fingerprint density at radius 1 is 0.911 bits per heavy atom. The van der Waals surface area contributed by atoms with Gasteiger partial charge in [-0.25, -0.2) is 4.98 Å². The lowest BCUT2D eigenvalue weighted by molar-refractivity contribution is -0.166. The van der Waals surface area contributed by atoms with Crippen LogP contribution in [0.5, 0.6) is 0 Å². The Balaban J connectivity index is 1.37. The highest BCUT2D eigenvalue weighted by Gasteiger charge is 2.52. The Hall–Kier alpha value is -4.55. The first-order valence-electron chi connectivity index (χ1n) is 14.5. The van der Waals surface area contributed by atoms with Crippen LogP contribution in [-0.4, -0.2) is 75.4 Å². The fourth-order valence-corrected chi connectivity index (χ4v) is 6.28. The summed E-state index contributed by atoms with van der Waals surface area (Å²) in [6.45, 7) is 6.78. The van der Waals surface area contributed by atoms with E-state index in [0.29, 0.717) is 30.1 Å². The molecule has 4 atom stereocenters. The maximum atomic E-state index is 12.2. The molecule has 12 nitrogen and oxygen atoms in total. The van der Waals surface area contributed by atoms with E-state index in [-0.39, 0.29) is 17.3 Å². The minimum atomic E-state index is -1.10. The van der Waals surface area contributed by atoms with E-state index in [1.807, 2.05) is 18.2 Å². The zero-order chi connectivity index (χ0) is 31.9. The average Bonchev–Trinajstić information content (AvgIpc) is 3.53. The number of esters is 3. The molecule has 6 rings (SSSR count). The molecule has 2 aliphatic rings. The van der Waals surface area contributed by atoms with Crippen LogP contribution in [0.1, 0.15) is 43.7 Å². The Bertz CT molecular complexity index is 1740. The zero-order valence-electron chi connectivity index (χ0n) is 25.2. The van der Waals surface area contributed by atoms with Gasteiger partial charge in [0.25, 0.3) is 0 Å². The third kappa shape index (κ3) is 5.83. The number of carbonyl (C=O) groups excluding carboxylic acids is 3. The maximum Gasteiger partial charge on any atom is 0.303 e. The molecule has 4 aromatic rings. The van der Waals surface area contributed by atoms with Crippen molar-refractivity contribution in [3.05, 3.63) is 82.9 Å². The van der Waals surface area contributed by atoms with Crippen LogP contribution >= 0.6 is 11.6 Å². The van der Waals surface area contributed by atoms with Crippen LogP contribution in [0.2, 0.25) is 5.28 Å². The molecule has 2 saturated heterocycles. The molecule has 234 valence electrons. The quantitative estimate of drug-likeness (QED) is 0.159. The average molecular weight is 634 g/mol. The predicted octanol–water partition coefficient (Wildman–Crippen LogP) is 3.92. The number of hydrogen-bond donors (Lipinski definition) is 0. The number of fused-ring (bicyclic) bond motifs is 1. The van der Waals surface area contributed by atoms with E-state index in [1.54, 1.807) is 4.57 Å². The second-order valence-corrected chi connectivity index (χ2v) is 11.7. The van der Waals surface area contributed by atoms with E-state index in [2.05, 4.69) is 63.2 Å². The van der Waals surface area contributed by atoms with Crippen molar-refractivity contribution < 1.29 is 33.3 Å². The highest BCUT2D eigenvalue weighted by atomic mass is 35.5. The lowest BCUT2D eigenvalue weighted by atomic mass is 9.68. The summed E-state index contributed by atoms with van der Waals surface area (Å²) < 4.78 is 24.0. The molecule has 0 saturated carbocycles. The van der Waals surface area contributed by atoms with Gasteiger partial charge in [-0.3, -0.25) is 19.0 Å². The third-order valence-corrected chi connectivity index (χ3v) is 8.31. The number of hydrogen-bond acceptors (Lipinski definition) is 11. The van der Waals surface area contributed by atoms with E-state index < -0.39 is 42.4 Å². The van der Waals surface area contributed by atoms with Crippen LogP contribution in [0.4, 0.5) is 5.82 Å². The Morgan fingerprint density at radius 3 is 2.20 bits per heavy atom. The molecular weight excluding hydrogens is 602 g/mol. The highest BCUT2D eigenvalue weighted by Crippen LogP contribution is 2.44. The van der Waals surface area contributed by atoms with Crippen LogP contribution in [0, 0.1) is 6.92 Å². The van der Waals surface area contributed by atoms with E-state index in [1.165, 1.54) is 43.8 Å². The smallest absolute Gasteiger partial charge is 0.303 e. The first kappa shape index (κ1) is 30.5. The lowest BCUT2D eigenvalue weighted by Gasteiger charge is -2.51. The van der Waals surface area contributed by atoms with Crippen molar-refractivity contribution in [2.75, 3.05) is 24.6 Å². The molecule has 2 aromatic heterocycles. The van der Waals surface area contributed by atoms with Crippen LogP contribution in [-0.2, 0) is 38.7 Å². The fourth-order valence-electron chi connectivity index (χ4n) is 6.12. The molecule has 0 spiro atoms. The molecule has 0 amide bonds. The van der Waals surface area contributed by atoms with E-state index >= 15 is 0 Å². The molecule has 2 fully saturated rings. The standard InChI is InChI=1S/C32H32ClN5O7/c1-18-10-12-23(13-11-18)32(22-8-6-5-7-9-22)15-37(16-32)28-25-29(36-31(33)35-28)38(17-34-25)30-27(44-21(4)41)26(43-20(3)40)24(45-30)14-42-19(2)39/h5-13,17,24,26-27,30H,14-16H2,1-4H3/t24-,26-,27-,30-/m1/s1. The Labute approximate surface area is 264 Å². The number of ether oxygens (including phenoxy) is 4. The van der Waals surface area contributed by atoms with E-state index in [0.717, 1.165) is 0 Å². The van der Waals surface area contributed by atoms with Gasteiger partial charge in [-0.05, 0) is 29.7 Å². The van der Waals surface area contributed by atoms with Crippen molar-refractivity contribution in [3.63, 3.8) is 0 Å². The van der Waals surface area contributed by atoms with Gasteiger partial charge < -0.3 is 23.8 Å². The largest absolute Gasteiger partial charge is 0.463 e. The molecule has 0 bridgehead atoms. The van der Waals surface area contributed by atoms with Gasteiger partial charge >= 0.3 is 17.9 Å². The molecule has 2 aromatic carbocycles. The van der Waals surface area contributed by atoms with Gasteiger partial charge in [-0.15, -0.1) is 0 Å². The number of aromatic nitrogens is 4. The molecular formula is C32H32ClN5O7. The summed E-state index contributed by atoms with van der Waals surface area (Å²) in [4.78, 5) is 51.5. The first-order valence-corrected chi connectivity index (χ1v) is 14.8. The van der Waals surface area contributed by atoms with Crippen molar-refractivity contribution in [1.29, 1.82) is 0 Å². The zero-order valence-corrected chi connectivity index (χ0v) is 25.9. The molecule has 4 heterocycles. The molecule has 13 heteroatoms. The van der Waals surface area contributed by atoms with Gasteiger partial charge in [-0.2, -0.15) is 9.97 Å². The van der Waals surface area contributed by atoms with Crippen LogP contribution < -0.4 is 4.90 Å². The molecule has 0 radical (unpaired) electrons. The van der Waals surface area contributed by atoms with Crippen LogP contribution in [0.25, 0.3) is 11.2 Å². The highest BCUT2D eigenvalue weighted by molar-refractivity contribution is 6.28. The molecule has 0 aliphatic carbocycles. The van der Waals surface area contributed by atoms with Crippen molar-refractivity contribution in [3.8, 4) is 0 Å². The maximum absolute atomic E-state index is 12.2. The van der Waals surface area contributed by atoms with Gasteiger partial charge in [-0.1, -0.05) is 60.2 Å². The predicted molar refractivity (Wildman–Crippen MR) is 163 cm³/mol. The van der Waals surface area contributed by atoms with Gasteiger partial charge in [0.2, 0.25) is 5.28 Å². The van der Waals surface area contributed by atoms with Crippen molar-refractivity contribution in [2.45, 2.75) is 57.6 Å². The molecule has 45 heavy (non-hydrogen) atoms. The fraction of sp³-hybridized carbons (Fsp3) is 0.375. The van der Waals surface area contributed by atoms with Gasteiger partial charge in [0.1, 0.15) is 12.7 Å². The van der Waals surface area contributed by atoms with Crippen molar-refractivity contribution >= 4 is 46.5 Å². The van der Waals surface area contributed by atoms with Crippen LogP contribution in [0.15, 0.2) is 60.9 Å². The number of rotatable bonds is 8. The summed E-state index contributed by atoms with van der Waals surface area (Å²) in [6.07, 6.45) is -2.64. The third-order valence-electron chi connectivity index (χ3n) is 8.14. The normalized spacial score (nSPS) is 22.1. The Morgan fingerprint density at radius 2 is 1.56 bits per heavy atom. The second-order valence-electron chi connectivity index (χ2n) is 11.3. The minimum absolute atomic E-state index is 0.0122. The van der Waals surface area contributed by atoms with Gasteiger partial charge in [0.05, 0.1) is 11.7 Å². The second kappa shape index (κ2) is 12.1. The number of aryl methyl sites for hydroxylation is 1. The number of imidazole rings is 1. The molecule has 0 N–H and O–H groups in total. The number of carbonyl (C=O) groups is 3. The van der Waals surface area contributed by atoms with Crippen molar-refractivity contribution in [2.24, 2.45) is 0 Å². The topological polar surface area (TPSA) is 135 Å². The SMILES string of the molecule is CC(=O)OC[C@H]1O[C@@H](n2cnc3c(N4CC(c5ccccc5)(c5ccc(C)cc5)C4)nc(Cl)nc32)[C@H](OC(C)=O)[C@@H]1OC(C)=O. The number of nitrogens with zero attached hydrogens (tertiary/aromatic N) is 5. The van der Waals surface area contributed by atoms with Gasteiger partial charge in [0, 0.05) is 33.9 Å². The number of halogens is 1. The Kier molecular flexibility index (Phi) is 8.19. The summed E-state index contributed by atoms with van der Waals surface area (Å²) >= 11 is 6.50. The summed E-state index contributed by atoms with van der Waals surface area (Å²) in [7, 11) is 0. The summed E-state index contributed by atoms with van der Waals surface area (Å²) in [5, 5.41) is -0.0122. The number of anilines is 1. The van der Waals surface area contributed by atoms with Crippen molar-refractivity contribution in [1.82, 2.24) is 19.5 Å². The minimum Gasteiger partial charge on any atom is -0.463 e. The van der Waals surface area contributed by atoms with E-state index in [9.17, 15) is 14.4 Å².